The van der Waals surface area contributed by atoms with Gasteiger partial charge < -0.3 is 4.57 Å². The number of hydrogen-bond donors (Lipinski definition) is 0. The second kappa shape index (κ2) is 5.35. The third-order valence-corrected chi connectivity index (χ3v) is 3.41. The summed E-state index contributed by atoms with van der Waals surface area (Å²) in [4.78, 5) is 11.6. The maximum Gasteiger partial charge on any atom is 0.133 e. The summed E-state index contributed by atoms with van der Waals surface area (Å²) in [6.07, 6.45) is 12.3. The third kappa shape index (κ3) is 2.68. The molecule has 17 heavy (non-hydrogen) atoms. The van der Waals surface area contributed by atoms with Crippen LogP contribution in [0.4, 0.5) is 0 Å². The van der Waals surface area contributed by atoms with E-state index in [9.17, 15) is 4.79 Å². The van der Waals surface area contributed by atoms with Crippen LogP contribution in [0.1, 0.15) is 44.6 Å². The van der Waals surface area contributed by atoms with Gasteiger partial charge in [-0.1, -0.05) is 19.1 Å². The van der Waals surface area contributed by atoms with Crippen LogP contribution in [0.5, 0.6) is 0 Å². The van der Waals surface area contributed by atoms with E-state index in [4.69, 9.17) is 0 Å². The molecule has 2 heteroatoms. The summed E-state index contributed by atoms with van der Waals surface area (Å²) in [7, 11) is 2.09. The van der Waals surface area contributed by atoms with Crippen molar-refractivity contribution >= 4 is 17.9 Å². The quantitative estimate of drug-likeness (QED) is 0.755. The first-order valence-corrected chi connectivity index (χ1v) is 6.58. The van der Waals surface area contributed by atoms with Gasteiger partial charge in [0.25, 0.3) is 0 Å². The zero-order chi connectivity index (χ0) is 12.3. The summed E-state index contributed by atoms with van der Waals surface area (Å²) in [6.45, 7) is 2.06. The van der Waals surface area contributed by atoms with Crippen LogP contribution in [0.15, 0.2) is 6.20 Å². The number of ketones is 1. The molecule has 0 spiro atoms. The zero-order valence-electron chi connectivity index (χ0n) is 10.8. The minimum Gasteiger partial charge on any atom is -0.351 e. The summed E-state index contributed by atoms with van der Waals surface area (Å²) < 4.78 is 2.19. The minimum absolute atomic E-state index is 0.393. The predicted octanol–water partition coefficient (Wildman–Crippen LogP) is 1.68. The van der Waals surface area contributed by atoms with E-state index in [-0.39, 0.29) is 0 Å². The molecule has 0 aromatic carbocycles. The largest absolute Gasteiger partial charge is 0.351 e. The van der Waals surface area contributed by atoms with Crippen LogP contribution in [0.3, 0.4) is 0 Å². The van der Waals surface area contributed by atoms with Crippen molar-refractivity contribution in [2.24, 2.45) is 7.05 Å². The lowest BCUT2D eigenvalue weighted by molar-refractivity contribution is -0.119. The van der Waals surface area contributed by atoms with Crippen molar-refractivity contribution in [2.75, 3.05) is 0 Å². The van der Waals surface area contributed by atoms with E-state index in [1.807, 2.05) is 0 Å². The Kier molecular flexibility index (Phi) is 3.82. The smallest absolute Gasteiger partial charge is 0.133 e. The van der Waals surface area contributed by atoms with Crippen LogP contribution >= 0.6 is 0 Å². The Balaban J connectivity index is 2.16. The van der Waals surface area contributed by atoms with Crippen LogP contribution in [-0.4, -0.2) is 10.4 Å². The fourth-order valence-corrected chi connectivity index (χ4v) is 2.54. The maximum absolute atomic E-state index is 11.6. The van der Waals surface area contributed by atoms with Crippen molar-refractivity contribution in [1.29, 1.82) is 0 Å². The van der Waals surface area contributed by atoms with Gasteiger partial charge in [0.15, 0.2) is 0 Å². The molecule has 0 amide bonds. The molecular formula is C15H21NO. The highest BCUT2D eigenvalue weighted by molar-refractivity contribution is 5.78. The number of Topliss-reactive ketones (excluding diaryl/α,β-unsaturated/α-hetero) is 1. The molecule has 1 aliphatic rings. The van der Waals surface area contributed by atoms with Crippen molar-refractivity contribution in [1.82, 2.24) is 4.57 Å². The van der Waals surface area contributed by atoms with E-state index in [2.05, 4.69) is 36.9 Å². The van der Waals surface area contributed by atoms with E-state index >= 15 is 0 Å². The van der Waals surface area contributed by atoms with Crippen LogP contribution < -0.4 is 10.6 Å². The van der Waals surface area contributed by atoms with E-state index in [1.165, 1.54) is 16.1 Å². The molecule has 0 N–H and O–H groups in total. The maximum atomic E-state index is 11.6. The Morgan fingerprint density at radius 2 is 2.06 bits per heavy atom. The Morgan fingerprint density at radius 1 is 1.29 bits per heavy atom. The second-order valence-electron chi connectivity index (χ2n) is 4.84. The normalized spacial score (nSPS) is 13.8. The lowest BCUT2D eigenvalue weighted by Crippen LogP contribution is -2.30. The van der Waals surface area contributed by atoms with E-state index in [0.29, 0.717) is 12.2 Å². The summed E-state index contributed by atoms with van der Waals surface area (Å²) in [5, 5.41) is 2.69. The number of fused-ring (bicyclic) bond motifs is 1. The van der Waals surface area contributed by atoms with Crippen molar-refractivity contribution in [3.05, 3.63) is 22.3 Å². The van der Waals surface area contributed by atoms with Gasteiger partial charge in [0.1, 0.15) is 5.78 Å². The molecule has 0 bridgehead atoms. The molecule has 1 heterocycles. The molecule has 0 radical (unpaired) electrons. The number of nitrogens with zero attached hydrogens (tertiary/aromatic N) is 1. The summed E-state index contributed by atoms with van der Waals surface area (Å²) in [6, 6.07) is 0. The summed E-state index contributed by atoms with van der Waals surface area (Å²) >= 11 is 0. The molecule has 1 aromatic rings. The fourth-order valence-electron chi connectivity index (χ4n) is 2.54. The van der Waals surface area contributed by atoms with Crippen molar-refractivity contribution < 1.29 is 4.79 Å². The summed E-state index contributed by atoms with van der Waals surface area (Å²) in [5.74, 6) is 0.393. The average Bonchev–Trinajstić information content (AvgIpc) is 2.65. The summed E-state index contributed by atoms with van der Waals surface area (Å²) in [5.41, 5.74) is 1.34. The van der Waals surface area contributed by atoms with Crippen LogP contribution in [0.25, 0.3) is 12.2 Å². The average molecular weight is 231 g/mol. The van der Waals surface area contributed by atoms with Gasteiger partial charge in [-0.25, -0.2) is 0 Å². The van der Waals surface area contributed by atoms with Crippen molar-refractivity contribution in [2.45, 2.75) is 45.4 Å². The molecule has 0 fully saturated rings. The minimum atomic E-state index is 0.393. The number of carbonyl (C=O) groups is 1. The first-order valence-electron chi connectivity index (χ1n) is 6.58. The molecule has 2 nitrogen and oxygen atoms in total. The molecule has 0 unspecified atom stereocenters. The van der Waals surface area contributed by atoms with Crippen LogP contribution in [0, 0.1) is 0 Å². The Labute approximate surface area is 103 Å². The lowest BCUT2D eigenvalue weighted by atomic mass is 10.0. The second-order valence-corrected chi connectivity index (χ2v) is 4.84. The molecule has 2 rings (SSSR count). The standard InChI is InChI=1S/C15H21NO/c1-3-6-13(17)10-9-12-11-16(2)15-8-5-4-7-14(12)15/h7-8,11H,3-6,9-10H2,1-2H3. The van der Waals surface area contributed by atoms with Crippen molar-refractivity contribution in [3.8, 4) is 0 Å². The first kappa shape index (κ1) is 12.2. The number of aryl methyl sites for hydroxylation is 2. The van der Waals surface area contributed by atoms with Crippen LogP contribution in [-0.2, 0) is 18.3 Å². The highest BCUT2D eigenvalue weighted by atomic mass is 16.1. The van der Waals surface area contributed by atoms with E-state index in [1.54, 1.807) is 0 Å². The van der Waals surface area contributed by atoms with Gasteiger partial charge >= 0.3 is 0 Å². The van der Waals surface area contributed by atoms with Gasteiger partial charge in [-0.15, -0.1) is 0 Å². The Bertz CT molecular complexity index is 522. The predicted molar refractivity (Wildman–Crippen MR) is 71.1 cm³/mol. The topological polar surface area (TPSA) is 22.0 Å². The number of carbonyl (C=O) groups excluding carboxylic acids is 1. The molecule has 1 aliphatic carbocycles. The zero-order valence-corrected chi connectivity index (χ0v) is 10.8. The van der Waals surface area contributed by atoms with Gasteiger partial charge in [0.2, 0.25) is 0 Å². The number of aromatic nitrogens is 1. The number of rotatable bonds is 5. The van der Waals surface area contributed by atoms with Gasteiger partial charge in [-0.2, -0.15) is 0 Å². The molecular weight excluding hydrogens is 210 g/mol. The van der Waals surface area contributed by atoms with Crippen LogP contribution in [0.2, 0.25) is 0 Å². The van der Waals surface area contributed by atoms with Gasteiger partial charge in [0, 0.05) is 31.4 Å². The lowest BCUT2D eigenvalue weighted by Gasteiger charge is -1.99. The molecule has 0 aliphatic heterocycles. The molecule has 0 saturated carbocycles. The van der Waals surface area contributed by atoms with Gasteiger partial charge in [-0.3, -0.25) is 4.79 Å². The molecule has 0 saturated heterocycles. The molecule has 1 aromatic heterocycles. The highest BCUT2D eigenvalue weighted by Gasteiger charge is 2.07. The number of hydrogen-bond acceptors (Lipinski definition) is 1. The first-order chi connectivity index (χ1) is 8.22. The Morgan fingerprint density at radius 3 is 2.82 bits per heavy atom. The highest BCUT2D eigenvalue weighted by Crippen LogP contribution is 2.03. The van der Waals surface area contributed by atoms with Crippen molar-refractivity contribution in [3.63, 3.8) is 0 Å². The molecule has 0 atom stereocenters. The SMILES string of the molecule is CCCC(=O)CCc1cn(C)c2c1=CCCC=2. The third-order valence-electron chi connectivity index (χ3n) is 3.41. The monoisotopic (exact) mass is 231 g/mol. The van der Waals surface area contributed by atoms with Gasteiger partial charge in [-0.05, 0) is 36.5 Å². The Hall–Kier alpha value is -1.31. The fraction of sp³-hybridized carbons (Fsp3) is 0.533. The van der Waals surface area contributed by atoms with Gasteiger partial charge in [0.05, 0.1) is 0 Å². The van der Waals surface area contributed by atoms with E-state index < -0.39 is 0 Å². The molecule has 92 valence electrons. The van der Waals surface area contributed by atoms with E-state index in [0.717, 1.165) is 32.1 Å².